The molecule has 0 saturated heterocycles. The summed E-state index contributed by atoms with van der Waals surface area (Å²) in [5, 5.41) is 5.86. The number of amides is 1. The van der Waals surface area contributed by atoms with E-state index in [-0.39, 0.29) is 5.91 Å². The van der Waals surface area contributed by atoms with Crippen molar-refractivity contribution in [3.05, 3.63) is 36.9 Å². The summed E-state index contributed by atoms with van der Waals surface area (Å²) in [6.45, 7) is 5.80. The van der Waals surface area contributed by atoms with Gasteiger partial charge in [-0.15, -0.1) is 0 Å². The minimum atomic E-state index is -0.0674. The summed E-state index contributed by atoms with van der Waals surface area (Å²) >= 11 is 0. The van der Waals surface area contributed by atoms with E-state index in [4.69, 9.17) is 9.47 Å². The molecule has 0 aliphatic carbocycles. The molecule has 0 atom stereocenters. The van der Waals surface area contributed by atoms with E-state index in [1.807, 2.05) is 12.1 Å². The van der Waals surface area contributed by atoms with E-state index in [9.17, 15) is 4.79 Å². The van der Waals surface area contributed by atoms with Crippen molar-refractivity contribution in [3.8, 4) is 5.75 Å². The molecule has 0 heterocycles. The quantitative estimate of drug-likeness (QED) is 0.506. The third-order valence-corrected chi connectivity index (χ3v) is 2.49. The number of carbonyl (C=O) groups excluding carboxylic acids is 1. The Balaban J connectivity index is 2.25. The van der Waals surface area contributed by atoms with Crippen molar-refractivity contribution in [2.45, 2.75) is 6.42 Å². The molecule has 0 aliphatic heterocycles. The Labute approximate surface area is 120 Å². The van der Waals surface area contributed by atoms with Crippen LogP contribution in [0.3, 0.4) is 0 Å². The van der Waals surface area contributed by atoms with E-state index in [1.165, 1.54) is 0 Å². The van der Waals surface area contributed by atoms with Gasteiger partial charge in [0, 0.05) is 19.4 Å². The predicted molar refractivity (Wildman–Crippen MR) is 80.1 cm³/mol. The summed E-state index contributed by atoms with van der Waals surface area (Å²) in [4.78, 5) is 11.7. The van der Waals surface area contributed by atoms with Gasteiger partial charge in [0.2, 0.25) is 5.91 Å². The molecule has 1 rings (SSSR count). The van der Waals surface area contributed by atoms with Crippen LogP contribution in [0.5, 0.6) is 5.75 Å². The number of hydrogen-bond acceptors (Lipinski definition) is 4. The lowest BCUT2D eigenvalue weighted by molar-refractivity contribution is -0.115. The lowest BCUT2D eigenvalue weighted by atomic mass is 10.3. The monoisotopic (exact) mass is 278 g/mol. The molecular formula is C15H22N2O3. The van der Waals surface area contributed by atoms with Gasteiger partial charge in [0.1, 0.15) is 12.4 Å². The number of anilines is 1. The standard InChI is InChI=1S/C15H22N2O3/c1-3-10-20-14-7-5-13(6-8-14)17-15(18)12-16-9-4-11-19-2/h3,5-8,16H,1,4,9-12H2,2H3,(H,17,18). The Morgan fingerprint density at radius 2 is 2.10 bits per heavy atom. The molecule has 1 amide bonds. The number of carbonyl (C=O) groups is 1. The Hall–Kier alpha value is -1.85. The minimum Gasteiger partial charge on any atom is -0.490 e. The van der Waals surface area contributed by atoms with E-state index in [0.717, 1.165) is 24.4 Å². The molecule has 0 spiro atoms. The Kier molecular flexibility index (Phi) is 8.10. The molecule has 20 heavy (non-hydrogen) atoms. The second-order valence-electron chi connectivity index (χ2n) is 4.20. The van der Waals surface area contributed by atoms with Gasteiger partial charge < -0.3 is 20.1 Å². The van der Waals surface area contributed by atoms with Crippen molar-refractivity contribution in [1.82, 2.24) is 5.32 Å². The van der Waals surface area contributed by atoms with Crippen LogP contribution in [0.4, 0.5) is 5.69 Å². The van der Waals surface area contributed by atoms with Crippen LogP contribution in [0.15, 0.2) is 36.9 Å². The van der Waals surface area contributed by atoms with Crippen molar-refractivity contribution < 1.29 is 14.3 Å². The average Bonchev–Trinajstić information content (AvgIpc) is 2.46. The number of benzene rings is 1. The van der Waals surface area contributed by atoms with Gasteiger partial charge in [-0.2, -0.15) is 0 Å². The molecule has 0 unspecified atom stereocenters. The van der Waals surface area contributed by atoms with Crippen LogP contribution < -0.4 is 15.4 Å². The van der Waals surface area contributed by atoms with E-state index in [2.05, 4.69) is 17.2 Å². The third-order valence-electron chi connectivity index (χ3n) is 2.49. The van der Waals surface area contributed by atoms with Crippen LogP contribution in [0.2, 0.25) is 0 Å². The summed E-state index contributed by atoms with van der Waals surface area (Å²) in [7, 11) is 1.66. The van der Waals surface area contributed by atoms with Crippen molar-refractivity contribution in [2.75, 3.05) is 38.7 Å². The zero-order valence-corrected chi connectivity index (χ0v) is 11.9. The molecule has 110 valence electrons. The Bertz CT molecular complexity index is 404. The zero-order chi connectivity index (χ0) is 14.6. The zero-order valence-electron chi connectivity index (χ0n) is 11.9. The number of ether oxygens (including phenoxy) is 2. The first-order valence-corrected chi connectivity index (χ1v) is 6.59. The predicted octanol–water partition coefficient (Wildman–Crippen LogP) is 1.82. The number of rotatable bonds is 10. The number of methoxy groups -OCH3 is 1. The molecule has 0 radical (unpaired) electrons. The van der Waals surface area contributed by atoms with Crippen molar-refractivity contribution in [3.63, 3.8) is 0 Å². The lowest BCUT2D eigenvalue weighted by Gasteiger charge is -2.08. The molecule has 0 bridgehead atoms. The van der Waals surface area contributed by atoms with Gasteiger partial charge in [0.15, 0.2) is 0 Å². The van der Waals surface area contributed by atoms with Gasteiger partial charge in [-0.25, -0.2) is 0 Å². The molecule has 5 nitrogen and oxygen atoms in total. The summed E-state index contributed by atoms with van der Waals surface area (Å²) in [6, 6.07) is 7.23. The van der Waals surface area contributed by atoms with Gasteiger partial charge in [0.05, 0.1) is 6.54 Å². The minimum absolute atomic E-state index is 0.0674. The lowest BCUT2D eigenvalue weighted by Crippen LogP contribution is -2.29. The normalized spacial score (nSPS) is 10.1. The highest BCUT2D eigenvalue weighted by atomic mass is 16.5. The van der Waals surface area contributed by atoms with Crippen molar-refractivity contribution in [1.29, 1.82) is 0 Å². The van der Waals surface area contributed by atoms with Crippen LogP contribution in [0, 0.1) is 0 Å². The van der Waals surface area contributed by atoms with Crippen LogP contribution in [0.25, 0.3) is 0 Å². The van der Waals surface area contributed by atoms with Gasteiger partial charge >= 0.3 is 0 Å². The molecule has 0 fully saturated rings. The van der Waals surface area contributed by atoms with Crippen molar-refractivity contribution in [2.24, 2.45) is 0 Å². The van der Waals surface area contributed by atoms with Crippen LogP contribution in [-0.4, -0.2) is 39.3 Å². The molecule has 0 aromatic heterocycles. The maximum absolute atomic E-state index is 11.7. The largest absolute Gasteiger partial charge is 0.490 e. The Morgan fingerprint density at radius 1 is 1.35 bits per heavy atom. The molecule has 0 aliphatic rings. The average molecular weight is 278 g/mol. The maximum Gasteiger partial charge on any atom is 0.238 e. The highest BCUT2D eigenvalue weighted by molar-refractivity contribution is 5.92. The molecular weight excluding hydrogens is 256 g/mol. The topological polar surface area (TPSA) is 59.6 Å². The fourth-order valence-corrected chi connectivity index (χ4v) is 1.54. The summed E-state index contributed by atoms with van der Waals surface area (Å²) < 4.78 is 10.3. The molecule has 1 aromatic rings. The third kappa shape index (κ3) is 6.92. The van der Waals surface area contributed by atoms with Gasteiger partial charge in [-0.1, -0.05) is 12.7 Å². The fraction of sp³-hybridized carbons (Fsp3) is 0.400. The summed E-state index contributed by atoms with van der Waals surface area (Å²) in [5.74, 6) is 0.683. The first-order valence-electron chi connectivity index (χ1n) is 6.59. The van der Waals surface area contributed by atoms with Crippen molar-refractivity contribution >= 4 is 11.6 Å². The SMILES string of the molecule is C=CCOc1ccc(NC(=O)CNCCCOC)cc1. The van der Waals surface area contributed by atoms with Gasteiger partial charge in [0.25, 0.3) is 0 Å². The number of hydrogen-bond donors (Lipinski definition) is 2. The first kappa shape index (κ1) is 16.2. The van der Waals surface area contributed by atoms with E-state index < -0.39 is 0 Å². The van der Waals surface area contributed by atoms with E-state index >= 15 is 0 Å². The summed E-state index contributed by atoms with van der Waals surface area (Å²) in [5.41, 5.74) is 0.750. The van der Waals surface area contributed by atoms with Crippen LogP contribution in [0.1, 0.15) is 6.42 Å². The highest BCUT2D eigenvalue weighted by Crippen LogP contribution is 2.15. The van der Waals surface area contributed by atoms with Crippen LogP contribution in [-0.2, 0) is 9.53 Å². The summed E-state index contributed by atoms with van der Waals surface area (Å²) in [6.07, 6.45) is 2.57. The first-order chi connectivity index (χ1) is 9.76. The van der Waals surface area contributed by atoms with Gasteiger partial charge in [-0.3, -0.25) is 4.79 Å². The second kappa shape index (κ2) is 10.00. The van der Waals surface area contributed by atoms with E-state index in [0.29, 0.717) is 19.8 Å². The molecule has 0 saturated carbocycles. The fourth-order valence-electron chi connectivity index (χ4n) is 1.54. The Morgan fingerprint density at radius 3 is 2.75 bits per heavy atom. The smallest absolute Gasteiger partial charge is 0.238 e. The van der Waals surface area contributed by atoms with Crippen LogP contribution >= 0.6 is 0 Å². The second-order valence-corrected chi connectivity index (χ2v) is 4.20. The number of nitrogens with one attached hydrogen (secondary N) is 2. The molecule has 2 N–H and O–H groups in total. The highest BCUT2D eigenvalue weighted by Gasteiger charge is 2.01. The van der Waals surface area contributed by atoms with E-state index in [1.54, 1.807) is 25.3 Å². The maximum atomic E-state index is 11.7. The van der Waals surface area contributed by atoms with Gasteiger partial charge in [-0.05, 0) is 37.2 Å². The molecule has 1 aromatic carbocycles. The molecule has 5 heteroatoms.